The van der Waals surface area contributed by atoms with Gasteiger partial charge in [-0.2, -0.15) is 5.10 Å². The molecule has 0 aliphatic heterocycles. The van der Waals surface area contributed by atoms with Crippen LogP contribution >= 0.6 is 12.3 Å². The summed E-state index contributed by atoms with van der Waals surface area (Å²) in [6, 6.07) is 17.1. The summed E-state index contributed by atoms with van der Waals surface area (Å²) in [6.07, 6.45) is 5.21. The molecule has 4 heterocycles. The predicted molar refractivity (Wildman–Crippen MR) is 124 cm³/mol. The maximum atomic E-state index is 13.8. The van der Waals surface area contributed by atoms with Crippen LogP contribution in [0.2, 0.25) is 0 Å². The standard InChI is InChI=1S/C22H15FN8S/c23-32-31-17-7-2-1-6-15(17)28-22(31)20-16(12-26-30-20)27-18-9-11-25-21(29-18)14-5-3-4-13-8-10-24-19(13)14/h1-12,24H,(H,26,30)(H,25,27,29). The van der Waals surface area contributed by atoms with Crippen molar-refractivity contribution < 1.29 is 3.89 Å². The highest BCUT2D eigenvalue weighted by molar-refractivity contribution is 7.93. The Hall–Kier alpha value is -4.18. The van der Waals surface area contributed by atoms with Gasteiger partial charge < -0.3 is 10.3 Å². The Kier molecular flexibility index (Phi) is 4.36. The first kappa shape index (κ1) is 18.6. The number of nitrogens with zero attached hydrogens (tertiary/aromatic N) is 5. The highest BCUT2D eigenvalue weighted by Gasteiger charge is 2.19. The van der Waals surface area contributed by atoms with Gasteiger partial charge in [0.25, 0.3) is 0 Å². The first-order valence-electron chi connectivity index (χ1n) is 9.78. The van der Waals surface area contributed by atoms with Crippen molar-refractivity contribution in [1.82, 2.24) is 34.1 Å². The Bertz CT molecular complexity index is 1570. The zero-order valence-corrected chi connectivity index (χ0v) is 17.3. The molecule has 0 saturated carbocycles. The topological polar surface area (TPSA) is 100 Å². The van der Waals surface area contributed by atoms with E-state index >= 15 is 0 Å². The van der Waals surface area contributed by atoms with Crippen LogP contribution in [0.1, 0.15) is 0 Å². The molecule has 0 spiro atoms. The van der Waals surface area contributed by atoms with E-state index in [0.29, 0.717) is 39.9 Å². The number of anilines is 2. The van der Waals surface area contributed by atoms with Crippen molar-refractivity contribution in [3.8, 4) is 22.9 Å². The quantitative estimate of drug-likeness (QED) is 0.326. The molecule has 4 aromatic heterocycles. The first-order valence-corrected chi connectivity index (χ1v) is 10.5. The minimum atomic E-state index is 0.0960. The number of rotatable bonds is 5. The van der Waals surface area contributed by atoms with Crippen LogP contribution in [-0.2, 0) is 0 Å². The summed E-state index contributed by atoms with van der Waals surface area (Å²) < 4.78 is 15.2. The predicted octanol–water partition coefficient (Wildman–Crippen LogP) is 5.49. The fourth-order valence-corrected chi connectivity index (χ4v) is 4.18. The number of hydrogen-bond acceptors (Lipinski definition) is 6. The van der Waals surface area contributed by atoms with Crippen molar-refractivity contribution in [3.05, 3.63) is 73.2 Å². The van der Waals surface area contributed by atoms with Gasteiger partial charge in [-0.1, -0.05) is 24.3 Å². The van der Waals surface area contributed by atoms with Crippen LogP contribution in [0.4, 0.5) is 15.4 Å². The summed E-state index contributed by atoms with van der Waals surface area (Å²) in [5.41, 5.74) is 4.42. The molecule has 3 N–H and O–H groups in total. The average molecular weight is 442 g/mol. The molecule has 32 heavy (non-hydrogen) atoms. The number of fused-ring (bicyclic) bond motifs is 2. The van der Waals surface area contributed by atoms with E-state index in [1.54, 1.807) is 18.5 Å². The van der Waals surface area contributed by atoms with Gasteiger partial charge in [-0.05, 0) is 30.3 Å². The Morgan fingerprint density at radius 3 is 2.88 bits per heavy atom. The van der Waals surface area contributed by atoms with Gasteiger partial charge in [-0.15, -0.1) is 3.89 Å². The van der Waals surface area contributed by atoms with Crippen molar-refractivity contribution in [3.63, 3.8) is 0 Å². The van der Waals surface area contributed by atoms with Crippen molar-refractivity contribution in [2.75, 3.05) is 5.32 Å². The van der Waals surface area contributed by atoms with Crippen LogP contribution in [0, 0.1) is 0 Å². The van der Waals surface area contributed by atoms with E-state index in [1.165, 1.54) is 3.97 Å². The number of halogens is 1. The molecule has 0 saturated heterocycles. The molecule has 156 valence electrons. The first-order chi connectivity index (χ1) is 15.8. The number of aromatic nitrogens is 7. The monoisotopic (exact) mass is 442 g/mol. The second kappa shape index (κ2) is 7.50. The van der Waals surface area contributed by atoms with E-state index < -0.39 is 0 Å². The highest BCUT2D eigenvalue weighted by atomic mass is 32.2. The summed E-state index contributed by atoms with van der Waals surface area (Å²) in [6.45, 7) is 0. The molecule has 0 aliphatic rings. The van der Waals surface area contributed by atoms with E-state index in [2.05, 4.69) is 35.5 Å². The number of hydrogen-bond donors (Lipinski definition) is 3. The van der Waals surface area contributed by atoms with Gasteiger partial charge in [0.1, 0.15) is 11.5 Å². The largest absolute Gasteiger partial charge is 0.361 e. The smallest absolute Gasteiger partial charge is 0.173 e. The van der Waals surface area contributed by atoms with Crippen molar-refractivity contribution in [2.45, 2.75) is 0 Å². The minimum Gasteiger partial charge on any atom is -0.361 e. The molecule has 10 heteroatoms. The molecule has 2 aromatic carbocycles. The summed E-state index contributed by atoms with van der Waals surface area (Å²) >= 11 is 0.0960. The zero-order valence-electron chi connectivity index (χ0n) is 16.5. The van der Waals surface area contributed by atoms with E-state index in [0.717, 1.165) is 16.5 Å². The van der Waals surface area contributed by atoms with Crippen molar-refractivity contribution in [1.29, 1.82) is 0 Å². The third-order valence-electron chi connectivity index (χ3n) is 5.20. The molecule has 0 aliphatic carbocycles. The maximum Gasteiger partial charge on any atom is 0.173 e. The molecule has 0 unspecified atom stereocenters. The number of benzene rings is 2. The summed E-state index contributed by atoms with van der Waals surface area (Å²) in [4.78, 5) is 16.9. The molecule has 8 nitrogen and oxygen atoms in total. The van der Waals surface area contributed by atoms with Crippen LogP contribution < -0.4 is 5.32 Å². The third-order valence-corrected chi connectivity index (χ3v) is 5.71. The fourth-order valence-electron chi connectivity index (χ4n) is 3.75. The molecule has 6 aromatic rings. The van der Waals surface area contributed by atoms with Gasteiger partial charge in [0.05, 0.1) is 28.4 Å². The van der Waals surface area contributed by atoms with Gasteiger partial charge in [0.2, 0.25) is 0 Å². The third kappa shape index (κ3) is 3.00. The van der Waals surface area contributed by atoms with Gasteiger partial charge in [-0.25, -0.2) is 18.9 Å². The molecule has 0 amide bonds. The van der Waals surface area contributed by atoms with Crippen molar-refractivity contribution >= 4 is 45.8 Å². The number of para-hydroxylation sites is 3. The summed E-state index contributed by atoms with van der Waals surface area (Å²) in [7, 11) is 0. The molecule has 0 bridgehead atoms. The van der Waals surface area contributed by atoms with Gasteiger partial charge in [0, 0.05) is 23.3 Å². The van der Waals surface area contributed by atoms with Crippen molar-refractivity contribution in [2.24, 2.45) is 0 Å². The fraction of sp³-hybridized carbons (Fsp3) is 0. The lowest BCUT2D eigenvalue weighted by molar-refractivity contribution is 0.919. The van der Waals surface area contributed by atoms with Gasteiger partial charge >= 0.3 is 0 Å². The number of aromatic amines is 2. The van der Waals surface area contributed by atoms with E-state index in [1.807, 2.05) is 54.7 Å². The second-order valence-electron chi connectivity index (χ2n) is 7.08. The molecule has 0 radical (unpaired) electrons. The normalized spacial score (nSPS) is 11.4. The van der Waals surface area contributed by atoms with E-state index in [-0.39, 0.29) is 12.3 Å². The molecule has 0 atom stereocenters. The van der Waals surface area contributed by atoms with Crippen LogP contribution in [0.25, 0.3) is 44.8 Å². The van der Waals surface area contributed by atoms with E-state index in [4.69, 9.17) is 0 Å². The minimum absolute atomic E-state index is 0.0960. The van der Waals surface area contributed by atoms with Crippen LogP contribution in [-0.4, -0.2) is 34.1 Å². The van der Waals surface area contributed by atoms with Crippen LogP contribution in [0.5, 0.6) is 0 Å². The number of imidazole rings is 1. The van der Waals surface area contributed by atoms with Crippen LogP contribution in [0.15, 0.2) is 73.2 Å². The average Bonchev–Trinajstić information content (AvgIpc) is 3.56. The lowest BCUT2D eigenvalue weighted by atomic mass is 10.1. The second-order valence-corrected chi connectivity index (χ2v) is 7.59. The number of nitrogens with one attached hydrogen (secondary N) is 3. The zero-order chi connectivity index (χ0) is 21.5. The Morgan fingerprint density at radius 1 is 1.00 bits per heavy atom. The summed E-state index contributed by atoms with van der Waals surface area (Å²) in [5.74, 6) is 1.58. The Balaban J connectivity index is 1.39. The number of H-pyrrole nitrogens is 2. The Morgan fingerprint density at radius 2 is 1.94 bits per heavy atom. The summed E-state index contributed by atoms with van der Waals surface area (Å²) in [5, 5.41) is 11.4. The lowest BCUT2D eigenvalue weighted by Crippen LogP contribution is -1.99. The molecular weight excluding hydrogens is 427 g/mol. The maximum absolute atomic E-state index is 13.8. The van der Waals surface area contributed by atoms with Gasteiger partial charge in [0.15, 0.2) is 24.0 Å². The molecule has 6 rings (SSSR count). The molecular formula is C22H15FN8S. The SMILES string of the molecule is FSn1c(-c2[nH]ncc2Nc2ccnc(-c3cccc4cc[nH]c34)n2)nc2ccccc21. The lowest BCUT2D eigenvalue weighted by Gasteiger charge is -2.08. The van der Waals surface area contributed by atoms with E-state index in [9.17, 15) is 3.89 Å². The van der Waals surface area contributed by atoms with Gasteiger partial charge in [-0.3, -0.25) is 5.10 Å². The van der Waals surface area contributed by atoms with Crippen LogP contribution in [0.3, 0.4) is 0 Å². The highest BCUT2D eigenvalue weighted by Crippen LogP contribution is 2.33. The molecule has 0 fully saturated rings. The Labute approximate surface area is 185 Å².